The first-order chi connectivity index (χ1) is 12.2. The molecule has 1 aliphatic rings. The Labute approximate surface area is 151 Å². The van der Waals surface area contributed by atoms with Gasteiger partial charge in [0.15, 0.2) is 0 Å². The molecule has 0 spiro atoms. The molecule has 0 aromatic heterocycles. The molecule has 0 saturated carbocycles. The fourth-order valence-corrected chi connectivity index (χ4v) is 2.99. The Hall–Kier alpha value is -1.59. The normalized spacial score (nSPS) is 15.3. The second-order valence-corrected chi connectivity index (χ2v) is 6.70. The van der Waals surface area contributed by atoms with Crippen molar-refractivity contribution < 1.29 is 14.3 Å². The highest BCUT2D eigenvalue weighted by atomic mass is 16.5. The van der Waals surface area contributed by atoms with E-state index in [1.165, 1.54) is 0 Å². The number of nitrogens with zero attached hydrogens (tertiary/aromatic N) is 1. The van der Waals surface area contributed by atoms with Gasteiger partial charge in [-0.15, -0.1) is 0 Å². The molecule has 1 amide bonds. The lowest BCUT2D eigenvalue weighted by molar-refractivity contribution is -0.121. The molecule has 5 nitrogen and oxygen atoms in total. The van der Waals surface area contributed by atoms with Crippen molar-refractivity contribution in [1.29, 1.82) is 0 Å². The van der Waals surface area contributed by atoms with Gasteiger partial charge in [0.05, 0.1) is 0 Å². The summed E-state index contributed by atoms with van der Waals surface area (Å²) in [6.07, 6.45) is 4.79. The molecule has 0 atom stereocenters. The zero-order chi connectivity index (χ0) is 17.9. The number of likely N-dealkylation sites (N-methyl/N-ethyl adjacent to an activating group) is 1. The van der Waals surface area contributed by atoms with Crippen molar-refractivity contribution in [3.8, 4) is 5.75 Å². The number of amides is 1. The summed E-state index contributed by atoms with van der Waals surface area (Å²) in [5.41, 5.74) is 1.07. The van der Waals surface area contributed by atoms with Crippen LogP contribution in [0.4, 0.5) is 0 Å². The molecule has 1 aromatic rings. The summed E-state index contributed by atoms with van der Waals surface area (Å²) in [5, 5.41) is 2.96. The van der Waals surface area contributed by atoms with Crippen LogP contribution in [0.3, 0.4) is 0 Å². The molecule has 1 aromatic carbocycles. The molecule has 1 fully saturated rings. The van der Waals surface area contributed by atoms with Crippen molar-refractivity contribution in [2.45, 2.75) is 51.6 Å². The van der Waals surface area contributed by atoms with E-state index in [4.69, 9.17) is 9.47 Å². The van der Waals surface area contributed by atoms with E-state index in [-0.39, 0.29) is 5.91 Å². The third-order valence-corrected chi connectivity index (χ3v) is 4.67. The molecular formula is C20H32N2O3. The summed E-state index contributed by atoms with van der Waals surface area (Å²) >= 11 is 0. The van der Waals surface area contributed by atoms with E-state index in [2.05, 4.69) is 24.2 Å². The summed E-state index contributed by atoms with van der Waals surface area (Å²) in [5.74, 6) is 0.979. The first-order valence-corrected chi connectivity index (χ1v) is 9.45. The number of carbonyl (C=O) groups is 1. The van der Waals surface area contributed by atoms with Crippen LogP contribution in [0, 0.1) is 0 Å². The molecule has 5 heteroatoms. The number of benzene rings is 1. The summed E-state index contributed by atoms with van der Waals surface area (Å²) in [7, 11) is 2.15. The standard InChI is InChI=1S/C20H32N2O3/c1-3-4-8-20(23)21-16-17-6-5-7-19(15-17)25-14-11-22(2)18-9-12-24-13-10-18/h5-7,15,18H,3-4,8-14,16H2,1-2H3,(H,21,23). The van der Waals surface area contributed by atoms with Crippen molar-refractivity contribution in [3.05, 3.63) is 29.8 Å². The van der Waals surface area contributed by atoms with E-state index in [9.17, 15) is 4.79 Å². The van der Waals surface area contributed by atoms with Gasteiger partial charge >= 0.3 is 0 Å². The molecule has 1 heterocycles. The van der Waals surface area contributed by atoms with Crippen molar-refractivity contribution >= 4 is 5.91 Å². The zero-order valence-electron chi connectivity index (χ0n) is 15.6. The van der Waals surface area contributed by atoms with Crippen LogP contribution < -0.4 is 10.1 Å². The van der Waals surface area contributed by atoms with Crippen LogP contribution in [-0.2, 0) is 16.1 Å². The van der Waals surface area contributed by atoms with Crippen LogP contribution in [0.2, 0.25) is 0 Å². The minimum absolute atomic E-state index is 0.117. The fraction of sp³-hybridized carbons (Fsp3) is 0.650. The van der Waals surface area contributed by atoms with E-state index in [1.54, 1.807) is 0 Å². The molecule has 1 aliphatic heterocycles. The Kier molecular flexibility index (Phi) is 8.77. The molecule has 0 radical (unpaired) electrons. The topological polar surface area (TPSA) is 50.8 Å². The highest BCUT2D eigenvalue weighted by Crippen LogP contribution is 2.15. The van der Waals surface area contributed by atoms with Gasteiger partial charge in [-0.3, -0.25) is 9.69 Å². The highest BCUT2D eigenvalue weighted by Gasteiger charge is 2.17. The molecule has 0 aliphatic carbocycles. The Morgan fingerprint density at radius 2 is 2.16 bits per heavy atom. The van der Waals surface area contributed by atoms with Crippen molar-refractivity contribution in [1.82, 2.24) is 10.2 Å². The van der Waals surface area contributed by atoms with Gasteiger partial charge in [-0.1, -0.05) is 25.5 Å². The number of hydrogen-bond acceptors (Lipinski definition) is 4. The Balaban J connectivity index is 1.70. The third-order valence-electron chi connectivity index (χ3n) is 4.67. The molecule has 1 saturated heterocycles. The first kappa shape index (κ1) is 19.7. The van der Waals surface area contributed by atoms with Crippen molar-refractivity contribution in [3.63, 3.8) is 0 Å². The van der Waals surface area contributed by atoms with Crippen molar-refractivity contribution in [2.24, 2.45) is 0 Å². The quantitative estimate of drug-likeness (QED) is 0.706. The Morgan fingerprint density at radius 3 is 2.92 bits per heavy atom. The number of unbranched alkanes of at least 4 members (excludes halogenated alkanes) is 1. The lowest BCUT2D eigenvalue weighted by atomic mass is 10.1. The third kappa shape index (κ3) is 7.45. The average Bonchev–Trinajstić information content (AvgIpc) is 2.65. The van der Waals surface area contributed by atoms with E-state index >= 15 is 0 Å². The summed E-state index contributed by atoms with van der Waals surface area (Å²) in [4.78, 5) is 14.1. The maximum atomic E-state index is 11.7. The van der Waals surface area contributed by atoms with E-state index in [1.807, 2.05) is 24.3 Å². The summed E-state index contributed by atoms with van der Waals surface area (Å²) in [6.45, 7) is 5.95. The van der Waals surface area contributed by atoms with E-state index in [0.29, 0.717) is 25.6 Å². The number of ether oxygens (including phenoxy) is 2. The molecule has 1 N–H and O–H groups in total. The largest absolute Gasteiger partial charge is 0.492 e. The second kappa shape index (κ2) is 11.1. The van der Waals surface area contributed by atoms with Crippen LogP contribution in [0.5, 0.6) is 5.75 Å². The second-order valence-electron chi connectivity index (χ2n) is 6.70. The van der Waals surface area contributed by atoms with E-state index < -0.39 is 0 Å². The molecule has 25 heavy (non-hydrogen) atoms. The number of carbonyl (C=O) groups excluding carboxylic acids is 1. The summed E-state index contributed by atoms with van der Waals surface area (Å²) in [6, 6.07) is 8.57. The van der Waals surface area contributed by atoms with Gasteiger partial charge in [-0.25, -0.2) is 0 Å². The van der Waals surface area contributed by atoms with Crippen LogP contribution in [0.15, 0.2) is 24.3 Å². The van der Waals surface area contributed by atoms with Gasteiger partial charge in [0.2, 0.25) is 5.91 Å². The van der Waals surface area contributed by atoms with Crippen LogP contribution >= 0.6 is 0 Å². The Bertz CT molecular complexity index is 515. The van der Waals surface area contributed by atoms with Gasteiger partial charge in [0.1, 0.15) is 12.4 Å². The lowest BCUT2D eigenvalue weighted by Gasteiger charge is -2.31. The van der Waals surface area contributed by atoms with Gasteiger partial charge in [-0.05, 0) is 44.0 Å². The van der Waals surface area contributed by atoms with Crippen LogP contribution in [0.1, 0.15) is 44.6 Å². The van der Waals surface area contributed by atoms with Crippen molar-refractivity contribution in [2.75, 3.05) is 33.4 Å². The zero-order valence-corrected chi connectivity index (χ0v) is 15.6. The van der Waals surface area contributed by atoms with Gasteiger partial charge in [0, 0.05) is 38.8 Å². The SMILES string of the molecule is CCCCC(=O)NCc1cccc(OCCN(C)C2CCOCC2)c1. The predicted octanol–water partition coefficient (Wildman–Crippen LogP) is 2.98. The van der Waals surface area contributed by atoms with Crippen LogP contribution in [0.25, 0.3) is 0 Å². The lowest BCUT2D eigenvalue weighted by Crippen LogP contribution is -2.38. The van der Waals surface area contributed by atoms with Gasteiger partial charge in [-0.2, -0.15) is 0 Å². The van der Waals surface area contributed by atoms with Gasteiger partial charge in [0.25, 0.3) is 0 Å². The summed E-state index contributed by atoms with van der Waals surface area (Å²) < 4.78 is 11.3. The number of hydrogen-bond donors (Lipinski definition) is 1. The smallest absolute Gasteiger partial charge is 0.220 e. The maximum Gasteiger partial charge on any atom is 0.220 e. The average molecular weight is 348 g/mol. The fourth-order valence-electron chi connectivity index (χ4n) is 2.99. The first-order valence-electron chi connectivity index (χ1n) is 9.45. The molecule has 0 unspecified atom stereocenters. The minimum atomic E-state index is 0.117. The number of rotatable bonds is 10. The minimum Gasteiger partial charge on any atom is -0.492 e. The van der Waals surface area contributed by atoms with Crippen LogP contribution in [-0.4, -0.2) is 50.3 Å². The highest BCUT2D eigenvalue weighted by molar-refractivity contribution is 5.75. The molecule has 2 rings (SSSR count). The van der Waals surface area contributed by atoms with Gasteiger partial charge < -0.3 is 14.8 Å². The monoisotopic (exact) mass is 348 g/mol. The Morgan fingerprint density at radius 1 is 1.36 bits per heavy atom. The molecule has 0 bridgehead atoms. The molecular weight excluding hydrogens is 316 g/mol. The van der Waals surface area contributed by atoms with E-state index in [0.717, 1.165) is 56.8 Å². The predicted molar refractivity (Wildman–Crippen MR) is 99.8 cm³/mol. The maximum absolute atomic E-state index is 11.7. The number of nitrogens with one attached hydrogen (secondary N) is 1. The molecule has 140 valence electrons.